The normalized spacial score (nSPS) is 27.0. The third-order valence-electron chi connectivity index (χ3n) is 6.34. The van der Waals surface area contributed by atoms with Crippen LogP contribution in [0, 0.1) is 23.5 Å². The molecule has 1 saturated heterocycles. The molecule has 1 aliphatic heterocycles. The molecule has 0 bridgehead atoms. The second-order valence-electron chi connectivity index (χ2n) is 8.34. The van der Waals surface area contributed by atoms with E-state index in [2.05, 4.69) is 6.58 Å². The third-order valence-corrected chi connectivity index (χ3v) is 6.34. The van der Waals surface area contributed by atoms with E-state index in [1.165, 1.54) is 12.1 Å². The molecule has 0 unspecified atom stereocenters. The highest BCUT2D eigenvalue weighted by molar-refractivity contribution is 5.65. The maximum Gasteiger partial charge on any atom is 0.183 e. The molecule has 0 amide bonds. The van der Waals surface area contributed by atoms with E-state index in [1.54, 1.807) is 30.3 Å². The van der Waals surface area contributed by atoms with E-state index in [0.29, 0.717) is 35.5 Å². The van der Waals surface area contributed by atoms with Crippen molar-refractivity contribution in [2.24, 2.45) is 11.8 Å². The van der Waals surface area contributed by atoms with Crippen LogP contribution in [0.3, 0.4) is 0 Å². The lowest BCUT2D eigenvalue weighted by atomic mass is 9.79. The van der Waals surface area contributed by atoms with Gasteiger partial charge in [0.1, 0.15) is 11.6 Å². The molecular weight excluding hydrogens is 389 g/mol. The van der Waals surface area contributed by atoms with Crippen molar-refractivity contribution in [3.05, 3.63) is 71.8 Å². The molecule has 2 aliphatic rings. The Hall–Kier alpha value is -2.11. The van der Waals surface area contributed by atoms with E-state index in [1.807, 2.05) is 0 Å². The maximum absolute atomic E-state index is 14.8. The van der Waals surface area contributed by atoms with Crippen molar-refractivity contribution in [1.82, 2.24) is 0 Å². The van der Waals surface area contributed by atoms with Crippen LogP contribution in [-0.2, 0) is 9.47 Å². The van der Waals surface area contributed by atoms with Crippen LogP contribution in [0.5, 0.6) is 0 Å². The SMILES string of the molecule is C=CC1COC(c2ccc(-c3ccc(C4CCC(CF)CC4)c(F)c3)c(F)c2)OC1. The Balaban J connectivity index is 1.49. The Kier molecular flexibility index (Phi) is 6.59. The Morgan fingerprint density at radius 3 is 2.27 bits per heavy atom. The van der Waals surface area contributed by atoms with Gasteiger partial charge in [-0.2, -0.15) is 0 Å². The van der Waals surface area contributed by atoms with Gasteiger partial charge < -0.3 is 9.47 Å². The Labute approximate surface area is 175 Å². The summed E-state index contributed by atoms with van der Waals surface area (Å²) in [5.41, 5.74) is 2.08. The van der Waals surface area contributed by atoms with E-state index in [9.17, 15) is 13.2 Å². The van der Waals surface area contributed by atoms with Crippen molar-refractivity contribution >= 4 is 0 Å². The first kappa shape index (κ1) is 21.1. The van der Waals surface area contributed by atoms with Crippen molar-refractivity contribution < 1.29 is 22.6 Å². The van der Waals surface area contributed by atoms with E-state index < -0.39 is 12.1 Å². The smallest absolute Gasteiger partial charge is 0.183 e. The summed E-state index contributed by atoms with van der Waals surface area (Å²) >= 11 is 0. The van der Waals surface area contributed by atoms with Crippen LogP contribution in [0.15, 0.2) is 49.1 Å². The second kappa shape index (κ2) is 9.36. The van der Waals surface area contributed by atoms with Crippen molar-refractivity contribution in [1.29, 1.82) is 0 Å². The van der Waals surface area contributed by atoms with E-state index in [4.69, 9.17) is 9.47 Å². The first-order valence-electron chi connectivity index (χ1n) is 10.6. The van der Waals surface area contributed by atoms with Gasteiger partial charge in [-0.15, -0.1) is 6.58 Å². The summed E-state index contributed by atoms with van der Waals surface area (Å²) in [6, 6.07) is 9.69. The number of ether oxygens (including phenoxy) is 2. The highest BCUT2D eigenvalue weighted by Gasteiger charge is 2.25. The van der Waals surface area contributed by atoms with Gasteiger partial charge in [0, 0.05) is 17.0 Å². The molecule has 0 atom stereocenters. The number of alkyl halides is 1. The van der Waals surface area contributed by atoms with Crippen LogP contribution in [0.1, 0.15) is 49.0 Å². The molecule has 30 heavy (non-hydrogen) atoms. The summed E-state index contributed by atoms with van der Waals surface area (Å²) in [7, 11) is 0. The van der Waals surface area contributed by atoms with Gasteiger partial charge in [0.25, 0.3) is 0 Å². The van der Waals surface area contributed by atoms with Gasteiger partial charge in [-0.05, 0) is 60.8 Å². The molecule has 5 heteroatoms. The molecule has 2 fully saturated rings. The van der Waals surface area contributed by atoms with Crippen LogP contribution in [0.4, 0.5) is 13.2 Å². The third kappa shape index (κ3) is 4.47. The zero-order valence-corrected chi connectivity index (χ0v) is 17.0. The number of rotatable bonds is 5. The summed E-state index contributed by atoms with van der Waals surface area (Å²) in [4.78, 5) is 0. The molecule has 4 rings (SSSR count). The predicted molar refractivity (Wildman–Crippen MR) is 111 cm³/mol. The minimum absolute atomic E-state index is 0.106. The summed E-state index contributed by atoms with van der Waals surface area (Å²) in [5, 5.41) is 0. The topological polar surface area (TPSA) is 18.5 Å². The lowest BCUT2D eigenvalue weighted by Crippen LogP contribution is -2.25. The maximum atomic E-state index is 14.8. The highest BCUT2D eigenvalue weighted by atomic mass is 19.1. The number of benzene rings is 2. The minimum atomic E-state index is -0.608. The molecule has 0 aromatic heterocycles. The van der Waals surface area contributed by atoms with E-state index >= 15 is 0 Å². The first-order chi connectivity index (χ1) is 14.6. The van der Waals surface area contributed by atoms with Gasteiger partial charge in [-0.25, -0.2) is 8.78 Å². The van der Waals surface area contributed by atoms with Crippen LogP contribution in [0.2, 0.25) is 0 Å². The fraction of sp³-hybridized carbons (Fsp3) is 0.440. The number of hydrogen-bond donors (Lipinski definition) is 0. The van der Waals surface area contributed by atoms with Gasteiger partial charge in [0.15, 0.2) is 6.29 Å². The molecule has 2 nitrogen and oxygen atoms in total. The summed E-state index contributed by atoms with van der Waals surface area (Å²) in [5.74, 6) is -0.417. The van der Waals surface area contributed by atoms with E-state index in [-0.39, 0.29) is 30.2 Å². The van der Waals surface area contributed by atoms with Crippen molar-refractivity contribution in [2.45, 2.75) is 37.9 Å². The molecular formula is C25H27F3O2. The van der Waals surface area contributed by atoms with E-state index in [0.717, 1.165) is 25.7 Å². The molecule has 0 radical (unpaired) electrons. The van der Waals surface area contributed by atoms with Crippen molar-refractivity contribution in [2.75, 3.05) is 19.9 Å². The molecule has 1 heterocycles. The minimum Gasteiger partial charge on any atom is -0.348 e. The number of halogens is 3. The standard InChI is InChI=1S/C25H27F3O2/c1-2-16-14-29-25(30-15-16)20-8-10-22(24(28)12-20)19-7-9-21(23(27)11-19)18-5-3-17(13-26)4-6-18/h2,7-12,16-18,25H,1,3-6,13-15H2. The van der Waals surface area contributed by atoms with Gasteiger partial charge in [-0.3, -0.25) is 4.39 Å². The van der Waals surface area contributed by atoms with Crippen molar-refractivity contribution in [3.63, 3.8) is 0 Å². The van der Waals surface area contributed by atoms with Crippen LogP contribution >= 0.6 is 0 Å². The fourth-order valence-electron chi connectivity index (χ4n) is 4.41. The molecule has 0 N–H and O–H groups in total. The molecule has 2 aromatic carbocycles. The lowest BCUT2D eigenvalue weighted by Gasteiger charge is -2.28. The molecule has 1 aliphatic carbocycles. The van der Waals surface area contributed by atoms with Gasteiger partial charge in [0.05, 0.1) is 19.9 Å². The quantitative estimate of drug-likeness (QED) is 0.504. The first-order valence-corrected chi connectivity index (χ1v) is 10.6. The van der Waals surface area contributed by atoms with Crippen LogP contribution < -0.4 is 0 Å². The predicted octanol–water partition coefficient (Wildman–Crippen LogP) is 6.72. The largest absolute Gasteiger partial charge is 0.348 e. The van der Waals surface area contributed by atoms with Crippen LogP contribution in [0.25, 0.3) is 11.1 Å². The van der Waals surface area contributed by atoms with Crippen LogP contribution in [-0.4, -0.2) is 19.9 Å². The Morgan fingerprint density at radius 2 is 1.67 bits per heavy atom. The van der Waals surface area contributed by atoms with Crippen molar-refractivity contribution in [3.8, 4) is 11.1 Å². The highest BCUT2D eigenvalue weighted by Crippen LogP contribution is 2.38. The second-order valence-corrected chi connectivity index (χ2v) is 8.34. The summed E-state index contributed by atoms with van der Waals surface area (Å²) < 4.78 is 53.7. The summed E-state index contributed by atoms with van der Waals surface area (Å²) in [6.07, 6.45) is 4.34. The Bertz CT molecular complexity index is 882. The molecule has 0 spiro atoms. The average molecular weight is 416 g/mol. The zero-order chi connectivity index (χ0) is 21.1. The molecule has 2 aromatic rings. The molecule has 1 saturated carbocycles. The fourth-order valence-corrected chi connectivity index (χ4v) is 4.41. The van der Waals surface area contributed by atoms with Gasteiger partial charge >= 0.3 is 0 Å². The van der Waals surface area contributed by atoms with Gasteiger partial charge in [-0.1, -0.05) is 30.3 Å². The molecule has 160 valence electrons. The lowest BCUT2D eigenvalue weighted by molar-refractivity contribution is -0.197. The zero-order valence-electron chi connectivity index (χ0n) is 17.0. The number of hydrogen-bond acceptors (Lipinski definition) is 2. The van der Waals surface area contributed by atoms with Gasteiger partial charge in [0.2, 0.25) is 0 Å². The Morgan fingerprint density at radius 1 is 0.933 bits per heavy atom. The monoisotopic (exact) mass is 416 g/mol. The average Bonchev–Trinajstić information content (AvgIpc) is 2.79. The summed E-state index contributed by atoms with van der Waals surface area (Å²) in [6.45, 7) is 4.40.